The Morgan fingerprint density at radius 3 is 2.78 bits per heavy atom. The molecule has 0 aliphatic heterocycles. The van der Waals surface area contributed by atoms with Gasteiger partial charge in [-0.2, -0.15) is 0 Å². The Morgan fingerprint density at radius 1 is 1.12 bits per heavy atom. The second-order valence-corrected chi connectivity index (χ2v) is 8.92. The maximum atomic E-state index is 13.7. The Hall–Kier alpha value is -3.25. The lowest BCUT2D eigenvalue weighted by molar-refractivity contribution is 0.0984. The molecule has 0 aliphatic carbocycles. The highest BCUT2D eigenvalue weighted by Crippen LogP contribution is 2.33. The number of unbranched alkanes of at least 4 members (excludes halogenated alkanes) is 1. The molecule has 0 N–H and O–H groups in total. The van der Waals surface area contributed by atoms with E-state index in [4.69, 9.17) is 9.72 Å². The van der Waals surface area contributed by atoms with E-state index in [2.05, 4.69) is 37.9 Å². The minimum absolute atomic E-state index is 0.108. The maximum Gasteiger partial charge on any atom is 0.260 e. The highest BCUT2D eigenvalue weighted by Gasteiger charge is 2.23. The van der Waals surface area contributed by atoms with Crippen molar-refractivity contribution >= 4 is 32.6 Å². The smallest absolute Gasteiger partial charge is 0.260 e. The average molecular weight is 446 g/mol. The zero-order valence-corrected chi connectivity index (χ0v) is 19.5. The van der Waals surface area contributed by atoms with Gasteiger partial charge in [-0.1, -0.05) is 42.9 Å². The first-order valence-electron chi connectivity index (χ1n) is 10.9. The molecule has 0 atom stereocenters. The van der Waals surface area contributed by atoms with E-state index in [-0.39, 0.29) is 5.91 Å². The van der Waals surface area contributed by atoms with Crippen molar-refractivity contribution in [3.05, 3.63) is 83.2 Å². The monoisotopic (exact) mass is 445 g/mol. The van der Waals surface area contributed by atoms with Gasteiger partial charge in [0, 0.05) is 18.0 Å². The number of thiazole rings is 1. The van der Waals surface area contributed by atoms with Gasteiger partial charge in [0.25, 0.3) is 5.91 Å². The number of carbonyl (C=O) groups is 1. The largest absolute Gasteiger partial charge is 0.494 e. The maximum absolute atomic E-state index is 13.7. The van der Waals surface area contributed by atoms with Crippen LogP contribution >= 0.6 is 11.3 Å². The second kappa shape index (κ2) is 9.92. The van der Waals surface area contributed by atoms with Gasteiger partial charge in [-0.15, -0.1) is 0 Å². The summed E-state index contributed by atoms with van der Waals surface area (Å²) in [6, 6.07) is 15.5. The van der Waals surface area contributed by atoms with E-state index in [1.807, 2.05) is 36.4 Å². The molecule has 1 amide bonds. The lowest BCUT2D eigenvalue weighted by atomic mass is 10.1. The molecule has 2 aromatic carbocycles. The van der Waals surface area contributed by atoms with Crippen molar-refractivity contribution in [3.63, 3.8) is 0 Å². The van der Waals surface area contributed by atoms with Crippen molar-refractivity contribution < 1.29 is 9.53 Å². The first-order valence-corrected chi connectivity index (χ1v) is 11.7. The van der Waals surface area contributed by atoms with Crippen LogP contribution in [0.1, 0.15) is 46.8 Å². The number of nitrogens with zero attached hydrogens (tertiary/aromatic N) is 3. The molecule has 2 heterocycles. The summed E-state index contributed by atoms with van der Waals surface area (Å²) in [6.45, 7) is 7.30. The third-order valence-electron chi connectivity index (χ3n) is 5.21. The van der Waals surface area contributed by atoms with Gasteiger partial charge in [0.2, 0.25) is 0 Å². The number of anilines is 1. The van der Waals surface area contributed by atoms with Crippen molar-refractivity contribution in [2.45, 2.75) is 40.2 Å². The molecule has 0 fully saturated rings. The Kier molecular flexibility index (Phi) is 6.81. The van der Waals surface area contributed by atoms with Crippen molar-refractivity contribution in [1.29, 1.82) is 0 Å². The summed E-state index contributed by atoms with van der Waals surface area (Å²) in [4.78, 5) is 24.5. The summed E-state index contributed by atoms with van der Waals surface area (Å²) in [5.41, 5.74) is 4.77. The van der Waals surface area contributed by atoms with Crippen molar-refractivity contribution in [3.8, 4) is 5.75 Å². The summed E-state index contributed by atoms with van der Waals surface area (Å²) in [6.07, 6.45) is 5.56. The Morgan fingerprint density at radius 2 is 2.00 bits per heavy atom. The standard InChI is InChI=1S/C26H27N3O2S/c1-4-5-12-31-22-10-6-9-21(15-22)25(30)29(17-20-8-7-11-27-16-20)26-28-24-19(3)13-18(2)14-23(24)32-26/h6-11,13-16H,4-5,12,17H2,1-3H3. The predicted octanol–water partition coefficient (Wildman–Crippen LogP) is 6.33. The number of hydrogen-bond donors (Lipinski definition) is 0. The fourth-order valence-corrected chi connectivity index (χ4v) is 4.72. The van der Waals surface area contributed by atoms with Crippen molar-refractivity contribution in [2.75, 3.05) is 11.5 Å². The molecule has 6 heteroatoms. The van der Waals surface area contributed by atoms with Crippen LogP contribution in [0.2, 0.25) is 0 Å². The van der Waals surface area contributed by atoms with Gasteiger partial charge < -0.3 is 4.74 Å². The van der Waals surface area contributed by atoms with Crippen LogP contribution in [0.5, 0.6) is 5.75 Å². The van der Waals surface area contributed by atoms with Gasteiger partial charge in [0.1, 0.15) is 5.75 Å². The first-order chi connectivity index (χ1) is 15.5. The second-order valence-electron chi connectivity index (χ2n) is 7.91. The van der Waals surface area contributed by atoms with Crippen molar-refractivity contribution in [1.82, 2.24) is 9.97 Å². The van der Waals surface area contributed by atoms with E-state index < -0.39 is 0 Å². The number of aryl methyl sites for hydroxylation is 2. The normalized spacial score (nSPS) is 11.0. The molecule has 5 nitrogen and oxygen atoms in total. The van der Waals surface area contributed by atoms with Crippen LogP contribution in [0.15, 0.2) is 60.9 Å². The summed E-state index contributed by atoms with van der Waals surface area (Å²) >= 11 is 1.54. The minimum atomic E-state index is -0.108. The van der Waals surface area contributed by atoms with E-state index in [9.17, 15) is 4.79 Å². The van der Waals surface area contributed by atoms with Crippen LogP contribution < -0.4 is 9.64 Å². The Labute approximate surface area is 192 Å². The zero-order chi connectivity index (χ0) is 22.5. The molecule has 4 aromatic rings. The summed E-state index contributed by atoms with van der Waals surface area (Å²) in [5.74, 6) is 0.602. The van der Waals surface area contributed by atoms with Crippen LogP contribution in [0.4, 0.5) is 5.13 Å². The summed E-state index contributed by atoms with van der Waals surface area (Å²) in [5, 5.41) is 0.680. The molecule has 164 valence electrons. The number of hydrogen-bond acceptors (Lipinski definition) is 5. The number of pyridine rings is 1. The van der Waals surface area contributed by atoms with Gasteiger partial charge in [-0.3, -0.25) is 14.7 Å². The lowest BCUT2D eigenvalue weighted by Crippen LogP contribution is -2.30. The summed E-state index contributed by atoms with van der Waals surface area (Å²) in [7, 11) is 0. The van der Waals surface area contributed by atoms with Crippen LogP contribution in [0.25, 0.3) is 10.2 Å². The third-order valence-corrected chi connectivity index (χ3v) is 6.23. The highest BCUT2D eigenvalue weighted by atomic mass is 32.1. The molecule has 0 spiro atoms. The number of amides is 1. The number of rotatable bonds is 8. The molecule has 0 unspecified atom stereocenters. The molecule has 0 bridgehead atoms. The van der Waals surface area contributed by atoms with Gasteiger partial charge >= 0.3 is 0 Å². The highest BCUT2D eigenvalue weighted by molar-refractivity contribution is 7.22. The fourth-order valence-electron chi connectivity index (χ4n) is 3.58. The SMILES string of the molecule is CCCCOc1cccc(C(=O)N(Cc2cccnc2)c2nc3c(C)cc(C)cc3s2)c1. The van der Waals surface area contributed by atoms with Crippen LogP contribution in [0, 0.1) is 13.8 Å². The number of fused-ring (bicyclic) bond motifs is 1. The van der Waals surface area contributed by atoms with Crippen LogP contribution in [-0.4, -0.2) is 22.5 Å². The Bertz CT molecular complexity index is 1220. The van der Waals surface area contributed by atoms with E-state index in [1.54, 1.807) is 17.3 Å². The number of carbonyl (C=O) groups excluding carboxylic acids is 1. The fraction of sp³-hybridized carbons (Fsp3) is 0.269. The van der Waals surface area contributed by atoms with Gasteiger partial charge in [0.05, 0.1) is 23.4 Å². The molecule has 0 aliphatic rings. The first kappa shape index (κ1) is 22.0. The molecular formula is C26H27N3O2S. The molecule has 0 radical (unpaired) electrons. The zero-order valence-electron chi connectivity index (χ0n) is 18.7. The number of ether oxygens (including phenoxy) is 1. The van der Waals surface area contributed by atoms with E-state index in [1.165, 1.54) is 16.9 Å². The predicted molar refractivity (Wildman–Crippen MR) is 131 cm³/mol. The van der Waals surface area contributed by atoms with E-state index >= 15 is 0 Å². The Balaban J connectivity index is 1.71. The van der Waals surface area contributed by atoms with Gasteiger partial charge in [-0.25, -0.2) is 4.98 Å². The quantitative estimate of drug-likeness (QED) is 0.297. The van der Waals surface area contributed by atoms with Gasteiger partial charge in [-0.05, 0) is 67.3 Å². The van der Waals surface area contributed by atoms with E-state index in [0.29, 0.717) is 29.6 Å². The minimum Gasteiger partial charge on any atom is -0.494 e. The lowest BCUT2D eigenvalue weighted by Gasteiger charge is -2.20. The molecule has 32 heavy (non-hydrogen) atoms. The molecule has 0 saturated heterocycles. The topological polar surface area (TPSA) is 55.3 Å². The molecule has 0 saturated carbocycles. The number of aromatic nitrogens is 2. The average Bonchev–Trinajstić information content (AvgIpc) is 3.22. The van der Waals surface area contributed by atoms with Crippen LogP contribution in [0.3, 0.4) is 0 Å². The van der Waals surface area contributed by atoms with Gasteiger partial charge in [0.15, 0.2) is 5.13 Å². The summed E-state index contributed by atoms with van der Waals surface area (Å²) < 4.78 is 6.91. The van der Waals surface area contributed by atoms with E-state index in [0.717, 1.165) is 34.2 Å². The molecular weight excluding hydrogens is 418 g/mol. The third kappa shape index (κ3) is 4.97. The molecule has 2 aromatic heterocycles. The number of benzene rings is 2. The molecule has 4 rings (SSSR count). The van der Waals surface area contributed by atoms with Crippen molar-refractivity contribution in [2.24, 2.45) is 0 Å². The van der Waals surface area contributed by atoms with Crippen LogP contribution in [-0.2, 0) is 6.54 Å².